The maximum Gasteiger partial charge on any atom is 0.126 e. The number of hydrogen-bond acceptors (Lipinski definition) is 3. The topological polar surface area (TPSA) is 49.5 Å². The van der Waals surface area contributed by atoms with Gasteiger partial charge in [-0.25, -0.2) is 4.39 Å². The van der Waals surface area contributed by atoms with Gasteiger partial charge in [0.2, 0.25) is 0 Å². The van der Waals surface area contributed by atoms with Crippen LogP contribution in [0.4, 0.5) is 10.1 Å². The van der Waals surface area contributed by atoms with Crippen LogP contribution < -0.4 is 10.6 Å². The van der Waals surface area contributed by atoms with Crippen molar-refractivity contribution >= 4 is 5.69 Å². The third-order valence-electron chi connectivity index (χ3n) is 4.20. The van der Waals surface area contributed by atoms with Gasteiger partial charge in [0, 0.05) is 18.3 Å². The van der Waals surface area contributed by atoms with Crippen molar-refractivity contribution in [1.29, 1.82) is 0 Å². The van der Waals surface area contributed by atoms with E-state index in [1.165, 1.54) is 6.42 Å². The highest BCUT2D eigenvalue weighted by Crippen LogP contribution is 2.32. The molecular weight excluding hydrogens is 255 g/mol. The zero-order valence-electron chi connectivity index (χ0n) is 12.4. The Morgan fingerprint density at radius 1 is 1.40 bits per heavy atom. The van der Waals surface area contributed by atoms with Crippen molar-refractivity contribution < 1.29 is 9.50 Å². The van der Waals surface area contributed by atoms with Crippen molar-refractivity contribution in [3.05, 3.63) is 29.1 Å². The van der Waals surface area contributed by atoms with Gasteiger partial charge in [-0.1, -0.05) is 12.8 Å². The molecule has 1 aliphatic rings. The minimum Gasteiger partial charge on any atom is -0.394 e. The molecule has 2 atom stereocenters. The number of aryl methyl sites for hydroxylation is 1. The van der Waals surface area contributed by atoms with Crippen LogP contribution in [0, 0.1) is 12.7 Å². The number of nitrogens with two attached hydrogens (primary N) is 1. The van der Waals surface area contributed by atoms with Crippen LogP contribution in [0.25, 0.3) is 0 Å². The number of nitrogens with zero attached hydrogens (tertiary/aromatic N) is 1. The molecule has 1 aromatic rings. The summed E-state index contributed by atoms with van der Waals surface area (Å²) in [5, 5.41) is 9.65. The van der Waals surface area contributed by atoms with E-state index in [4.69, 9.17) is 5.73 Å². The second-order valence-electron chi connectivity index (χ2n) is 5.83. The lowest BCUT2D eigenvalue weighted by atomic mass is 10.0. The van der Waals surface area contributed by atoms with Crippen LogP contribution in [0.15, 0.2) is 12.1 Å². The van der Waals surface area contributed by atoms with E-state index in [0.29, 0.717) is 5.56 Å². The van der Waals surface area contributed by atoms with Crippen LogP contribution in [0.3, 0.4) is 0 Å². The number of aliphatic hydroxyl groups excluding tert-OH is 1. The SMILES string of the molecule is Cc1cc(N2CCCCCC2CO)c([C@@H](C)N)cc1F. The van der Waals surface area contributed by atoms with Gasteiger partial charge in [0.1, 0.15) is 5.82 Å². The Balaban J connectivity index is 2.45. The molecule has 1 aromatic carbocycles. The summed E-state index contributed by atoms with van der Waals surface area (Å²) in [5.74, 6) is -0.212. The number of rotatable bonds is 3. The molecule has 3 N–H and O–H groups in total. The molecule has 1 fully saturated rings. The molecule has 0 spiro atoms. The second-order valence-corrected chi connectivity index (χ2v) is 5.83. The van der Waals surface area contributed by atoms with E-state index in [1.54, 1.807) is 13.0 Å². The monoisotopic (exact) mass is 280 g/mol. The predicted octanol–water partition coefficient (Wildman–Crippen LogP) is 2.90. The van der Waals surface area contributed by atoms with Crippen LogP contribution >= 0.6 is 0 Å². The lowest BCUT2D eigenvalue weighted by Crippen LogP contribution is -2.38. The third kappa shape index (κ3) is 3.13. The summed E-state index contributed by atoms with van der Waals surface area (Å²) in [6.45, 7) is 4.68. The Morgan fingerprint density at radius 2 is 2.15 bits per heavy atom. The van der Waals surface area contributed by atoms with Gasteiger partial charge < -0.3 is 15.7 Å². The summed E-state index contributed by atoms with van der Waals surface area (Å²) in [6, 6.07) is 3.32. The first-order valence-electron chi connectivity index (χ1n) is 7.47. The molecule has 1 unspecified atom stereocenters. The van der Waals surface area contributed by atoms with Crippen molar-refractivity contribution in [3.63, 3.8) is 0 Å². The molecule has 0 amide bonds. The van der Waals surface area contributed by atoms with Gasteiger partial charge in [-0.2, -0.15) is 0 Å². The van der Waals surface area contributed by atoms with Crippen LogP contribution in [-0.2, 0) is 0 Å². The fourth-order valence-electron chi connectivity index (χ4n) is 2.98. The molecule has 20 heavy (non-hydrogen) atoms. The molecule has 0 aromatic heterocycles. The first kappa shape index (κ1) is 15.3. The Bertz CT molecular complexity index is 462. The van der Waals surface area contributed by atoms with Gasteiger partial charge in [0.25, 0.3) is 0 Å². The Kier molecular flexibility index (Phi) is 5.00. The van der Waals surface area contributed by atoms with E-state index in [2.05, 4.69) is 4.90 Å². The summed E-state index contributed by atoms with van der Waals surface area (Å²) in [5.41, 5.74) is 8.45. The zero-order valence-corrected chi connectivity index (χ0v) is 12.4. The molecule has 0 aliphatic carbocycles. The maximum atomic E-state index is 13.8. The molecule has 112 valence electrons. The quantitative estimate of drug-likeness (QED) is 0.895. The second kappa shape index (κ2) is 6.55. The highest BCUT2D eigenvalue weighted by atomic mass is 19.1. The summed E-state index contributed by atoms with van der Waals surface area (Å²) in [7, 11) is 0. The van der Waals surface area contributed by atoms with Crippen LogP contribution in [0.2, 0.25) is 0 Å². The predicted molar refractivity (Wildman–Crippen MR) is 80.4 cm³/mol. The summed E-state index contributed by atoms with van der Waals surface area (Å²) < 4.78 is 13.8. The van der Waals surface area contributed by atoms with Crippen molar-refractivity contribution in [3.8, 4) is 0 Å². The number of aliphatic hydroxyl groups is 1. The molecule has 0 radical (unpaired) electrons. The fourth-order valence-corrected chi connectivity index (χ4v) is 2.98. The molecule has 2 rings (SSSR count). The van der Waals surface area contributed by atoms with Gasteiger partial charge in [-0.05, 0) is 49.9 Å². The first-order chi connectivity index (χ1) is 9.54. The number of halogens is 1. The summed E-state index contributed by atoms with van der Waals surface area (Å²) >= 11 is 0. The van der Waals surface area contributed by atoms with Gasteiger partial charge in [-0.15, -0.1) is 0 Å². The molecule has 1 aliphatic heterocycles. The minimum atomic E-state index is -0.220. The Hall–Kier alpha value is -1.13. The molecule has 0 saturated carbocycles. The molecule has 0 bridgehead atoms. The normalized spacial score (nSPS) is 21.6. The van der Waals surface area contributed by atoms with Crippen LogP contribution in [0.1, 0.15) is 49.8 Å². The smallest absolute Gasteiger partial charge is 0.126 e. The van der Waals surface area contributed by atoms with Crippen molar-refractivity contribution in [2.75, 3.05) is 18.1 Å². The van der Waals surface area contributed by atoms with E-state index >= 15 is 0 Å². The number of hydrogen-bond donors (Lipinski definition) is 2. The van der Waals surface area contributed by atoms with Crippen LogP contribution in [-0.4, -0.2) is 24.3 Å². The van der Waals surface area contributed by atoms with E-state index in [-0.39, 0.29) is 24.5 Å². The summed E-state index contributed by atoms with van der Waals surface area (Å²) in [4.78, 5) is 2.22. The largest absolute Gasteiger partial charge is 0.394 e. The molecular formula is C16H25FN2O. The van der Waals surface area contributed by atoms with Gasteiger partial charge >= 0.3 is 0 Å². The van der Waals surface area contributed by atoms with E-state index < -0.39 is 0 Å². The van der Waals surface area contributed by atoms with Crippen LogP contribution in [0.5, 0.6) is 0 Å². The Labute approximate surface area is 120 Å². The number of benzene rings is 1. The van der Waals surface area contributed by atoms with E-state index in [0.717, 1.165) is 37.1 Å². The van der Waals surface area contributed by atoms with Crippen molar-refractivity contribution in [2.45, 2.75) is 51.6 Å². The Morgan fingerprint density at radius 3 is 2.80 bits per heavy atom. The summed E-state index contributed by atoms with van der Waals surface area (Å²) in [6.07, 6.45) is 4.40. The molecule has 1 heterocycles. The van der Waals surface area contributed by atoms with Gasteiger partial charge in [0.05, 0.1) is 12.6 Å². The standard InChI is InChI=1S/C16H25FN2O/c1-11-8-16(14(12(2)18)9-15(11)17)19-7-5-3-4-6-13(19)10-20/h8-9,12-13,20H,3-7,10,18H2,1-2H3/t12-,13?/m1/s1. The molecule has 1 saturated heterocycles. The zero-order chi connectivity index (χ0) is 14.7. The third-order valence-corrected chi connectivity index (χ3v) is 4.20. The molecule has 4 heteroatoms. The average molecular weight is 280 g/mol. The van der Waals surface area contributed by atoms with Crippen molar-refractivity contribution in [1.82, 2.24) is 0 Å². The van der Waals surface area contributed by atoms with E-state index in [1.807, 2.05) is 13.0 Å². The maximum absolute atomic E-state index is 13.8. The van der Waals surface area contributed by atoms with Crippen molar-refractivity contribution in [2.24, 2.45) is 5.73 Å². The lowest BCUT2D eigenvalue weighted by molar-refractivity contribution is 0.255. The van der Waals surface area contributed by atoms with Gasteiger partial charge in [-0.3, -0.25) is 0 Å². The first-order valence-corrected chi connectivity index (χ1v) is 7.47. The van der Waals surface area contributed by atoms with Gasteiger partial charge in [0.15, 0.2) is 0 Å². The molecule has 3 nitrogen and oxygen atoms in total. The average Bonchev–Trinajstić information content (AvgIpc) is 2.66. The lowest BCUT2D eigenvalue weighted by Gasteiger charge is -2.33. The minimum absolute atomic E-state index is 0.111. The number of anilines is 1. The highest BCUT2D eigenvalue weighted by molar-refractivity contribution is 5.58. The highest BCUT2D eigenvalue weighted by Gasteiger charge is 2.24. The fraction of sp³-hybridized carbons (Fsp3) is 0.625. The van der Waals surface area contributed by atoms with E-state index in [9.17, 15) is 9.50 Å².